The first kappa shape index (κ1) is 14.3. The molecule has 1 aromatic heterocycles. The summed E-state index contributed by atoms with van der Waals surface area (Å²) in [7, 11) is 3.07. The predicted molar refractivity (Wildman–Crippen MR) is 73.3 cm³/mol. The molecule has 0 unspecified atom stereocenters. The first-order valence-electron chi connectivity index (χ1n) is 5.79. The number of hydrazone groups is 1. The van der Waals surface area contributed by atoms with E-state index in [1.807, 2.05) is 0 Å². The van der Waals surface area contributed by atoms with Gasteiger partial charge in [-0.25, -0.2) is 10.1 Å². The number of rotatable bonds is 5. The van der Waals surface area contributed by atoms with Gasteiger partial charge in [0.15, 0.2) is 0 Å². The van der Waals surface area contributed by atoms with E-state index in [1.165, 1.54) is 13.3 Å². The Bertz CT molecular complexity index is 667. The molecular formula is C12H13N5O4. The summed E-state index contributed by atoms with van der Waals surface area (Å²) < 4.78 is 14.6. The number of ether oxygens (including phenoxy) is 2. The van der Waals surface area contributed by atoms with E-state index in [4.69, 9.17) is 15.2 Å². The molecule has 0 saturated heterocycles. The molecule has 0 aliphatic rings. The maximum atomic E-state index is 11.7. The van der Waals surface area contributed by atoms with Gasteiger partial charge in [0.1, 0.15) is 11.5 Å². The van der Waals surface area contributed by atoms with Gasteiger partial charge in [-0.3, -0.25) is 4.79 Å². The number of nitrogens with one attached hydrogen (secondary N) is 1. The Labute approximate surface area is 119 Å². The van der Waals surface area contributed by atoms with Crippen LogP contribution in [0.25, 0.3) is 0 Å². The van der Waals surface area contributed by atoms with Gasteiger partial charge in [-0.1, -0.05) is 0 Å². The monoisotopic (exact) mass is 291 g/mol. The van der Waals surface area contributed by atoms with Crippen LogP contribution in [0.2, 0.25) is 0 Å². The smallest absolute Gasteiger partial charge is 0.297 e. The number of aromatic nitrogens is 2. The van der Waals surface area contributed by atoms with Crippen molar-refractivity contribution in [2.75, 3.05) is 20.0 Å². The van der Waals surface area contributed by atoms with Crippen molar-refractivity contribution in [3.63, 3.8) is 0 Å². The molecule has 0 radical (unpaired) electrons. The summed E-state index contributed by atoms with van der Waals surface area (Å²) in [6.07, 6.45) is 1.41. The Balaban J connectivity index is 2.11. The fraction of sp³-hybridized carbons (Fsp3) is 0.167. The number of nitrogen functional groups attached to an aromatic ring is 1. The van der Waals surface area contributed by atoms with Crippen molar-refractivity contribution in [1.29, 1.82) is 0 Å². The number of nitrogens with two attached hydrogens (primary N) is 1. The number of carbonyl (C=O) groups excluding carboxylic acids is 1. The predicted octanol–water partition coefficient (Wildman–Crippen LogP) is 0.433. The molecule has 0 spiro atoms. The van der Waals surface area contributed by atoms with Crippen LogP contribution in [-0.4, -0.2) is 36.7 Å². The third-order valence-electron chi connectivity index (χ3n) is 2.54. The molecule has 0 aliphatic carbocycles. The van der Waals surface area contributed by atoms with Crippen LogP contribution >= 0.6 is 0 Å². The number of amides is 1. The number of anilines is 1. The van der Waals surface area contributed by atoms with Crippen LogP contribution in [0.3, 0.4) is 0 Å². The summed E-state index contributed by atoms with van der Waals surface area (Å²) in [5, 5.41) is 10.5. The van der Waals surface area contributed by atoms with Crippen LogP contribution in [-0.2, 0) is 0 Å². The molecule has 0 saturated carbocycles. The number of carbonyl (C=O) groups is 1. The molecule has 9 nitrogen and oxygen atoms in total. The van der Waals surface area contributed by atoms with Gasteiger partial charge < -0.3 is 15.2 Å². The second-order valence-corrected chi connectivity index (χ2v) is 3.81. The van der Waals surface area contributed by atoms with Crippen LogP contribution in [0.4, 0.5) is 5.82 Å². The normalized spacial score (nSPS) is 10.6. The minimum absolute atomic E-state index is 0.110. The SMILES string of the molecule is COc1ccc(OC)c(/C=N\NC(=O)c2nonc2N)c1. The first-order chi connectivity index (χ1) is 10.2. The molecular weight excluding hydrogens is 278 g/mol. The number of hydrogen-bond donors (Lipinski definition) is 2. The Morgan fingerprint density at radius 1 is 1.38 bits per heavy atom. The van der Waals surface area contributed by atoms with E-state index >= 15 is 0 Å². The van der Waals surface area contributed by atoms with Gasteiger partial charge >= 0.3 is 0 Å². The quantitative estimate of drug-likeness (QED) is 0.604. The number of nitrogens with zero attached hydrogens (tertiary/aromatic N) is 3. The molecule has 3 N–H and O–H groups in total. The Morgan fingerprint density at radius 3 is 2.81 bits per heavy atom. The van der Waals surface area contributed by atoms with Crippen molar-refractivity contribution in [2.45, 2.75) is 0 Å². The summed E-state index contributed by atoms with van der Waals surface area (Å²) in [5.41, 5.74) is 8.14. The third-order valence-corrected chi connectivity index (χ3v) is 2.54. The summed E-state index contributed by atoms with van der Waals surface area (Å²) in [6, 6.07) is 5.18. The van der Waals surface area contributed by atoms with Crippen molar-refractivity contribution in [3.05, 3.63) is 29.5 Å². The number of benzene rings is 1. The highest BCUT2D eigenvalue weighted by molar-refractivity contribution is 5.96. The molecule has 0 aliphatic heterocycles. The molecule has 0 fully saturated rings. The van der Waals surface area contributed by atoms with Crippen molar-refractivity contribution < 1.29 is 18.9 Å². The second kappa shape index (κ2) is 6.37. The zero-order valence-corrected chi connectivity index (χ0v) is 11.4. The number of methoxy groups -OCH3 is 2. The maximum absolute atomic E-state index is 11.7. The Morgan fingerprint density at radius 2 is 2.19 bits per heavy atom. The first-order valence-corrected chi connectivity index (χ1v) is 5.79. The minimum atomic E-state index is -0.633. The fourth-order valence-electron chi connectivity index (χ4n) is 1.51. The van der Waals surface area contributed by atoms with E-state index in [0.29, 0.717) is 17.1 Å². The average Bonchev–Trinajstić information content (AvgIpc) is 2.93. The molecule has 1 aromatic carbocycles. The lowest BCUT2D eigenvalue weighted by Crippen LogP contribution is -2.19. The standard InChI is InChI=1S/C12H13N5O4/c1-19-8-3-4-9(20-2)7(5-8)6-14-15-12(18)10-11(13)17-21-16-10/h3-6H,1-2H3,(H2,13,17)(H,15,18)/b14-6-. The van der Waals surface area contributed by atoms with Crippen molar-refractivity contribution in [2.24, 2.45) is 5.10 Å². The lowest BCUT2D eigenvalue weighted by atomic mass is 10.2. The minimum Gasteiger partial charge on any atom is -0.497 e. The molecule has 1 heterocycles. The van der Waals surface area contributed by atoms with Gasteiger partial charge in [0.05, 0.1) is 20.4 Å². The Kier molecular flexibility index (Phi) is 4.34. The molecule has 0 bridgehead atoms. The highest BCUT2D eigenvalue weighted by atomic mass is 16.6. The molecule has 9 heteroatoms. The summed E-state index contributed by atoms with van der Waals surface area (Å²) >= 11 is 0. The summed E-state index contributed by atoms with van der Waals surface area (Å²) in [6.45, 7) is 0. The van der Waals surface area contributed by atoms with Crippen LogP contribution in [0.15, 0.2) is 27.9 Å². The largest absolute Gasteiger partial charge is 0.497 e. The number of hydrogen-bond acceptors (Lipinski definition) is 8. The summed E-state index contributed by atoms with van der Waals surface area (Å²) in [4.78, 5) is 11.7. The lowest BCUT2D eigenvalue weighted by Gasteiger charge is -2.06. The molecule has 2 rings (SSSR count). The molecule has 1 amide bonds. The summed E-state index contributed by atoms with van der Waals surface area (Å²) in [5.74, 6) is 0.471. The highest BCUT2D eigenvalue weighted by Crippen LogP contribution is 2.22. The van der Waals surface area contributed by atoms with Gasteiger partial charge in [0.2, 0.25) is 11.5 Å². The average molecular weight is 291 g/mol. The van der Waals surface area contributed by atoms with Gasteiger partial charge in [0, 0.05) is 5.56 Å². The van der Waals surface area contributed by atoms with E-state index in [0.717, 1.165) is 0 Å². The highest BCUT2D eigenvalue weighted by Gasteiger charge is 2.14. The van der Waals surface area contributed by atoms with Gasteiger partial charge in [-0.05, 0) is 28.5 Å². The Hall–Kier alpha value is -3.10. The van der Waals surface area contributed by atoms with E-state index < -0.39 is 5.91 Å². The lowest BCUT2D eigenvalue weighted by molar-refractivity contribution is 0.0946. The van der Waals surface area contributed by atoms with Crippen molar-refractivity contribution in [1.82, 2.24) is 15.7 Å². The van der Waals surface area contributed by atoms with Crippen LogP contribution in [0.1, 0.15) is 16.1 Å². The zero-order valence-electron chi connectivity index (χ0n) is 11.4. The van der Waals surface area contributed by atoms with Crippen molar-refractivity contribution >= 4 is 17.9 Å². The van der Waals surface area contributed by atoms with E-state index in [1.54, 1.807) is 25.3 Å². The molecule has 2 aromatic rings. The maximum Gasteiger partial charge on any atom is 0.297 e. The van der Waals surface area contributed by atoms with Gasteiger partial charge in [-0.15, -0.1) is 0 Å². The van der Waals surface area contributed by atoms with E-state index in [9.17, 15) is 4.79 Å². The van der Waals surface area contributed by atoms with Crippen LogP contribution in [0.5, 0.6) is 11.5 Å². The fourth-order valence-corrected chi connectivity index (χ4v) is 1.51. The second-order valence-electron chi connectivity index (χ2n) is 3.81. The molecule has 21 heavy (non-hydrogen) atoms. The zero-order chi connectivity index (χ0) is 15.2. The van der Waals surface area contributed by atoms with Crippen LogP contribution in [0, 0.1) is 0 Å². The third kappa shape index (κ3) is 3.26. The topological polar surface area (TPSA) is 125 Å². The van der Waals surface area contributed by atoms with Crippen molar-refractivity contribution in [3.8, 4) is 11.5 Å². The molecule has 110 valence electrons. The van der Waals surface area contributed by atoms with E-state index in [2.05, 4.69) is 25.5 Å². The molecule has 0 atom stereocenters. The van der Waals surface area contributed by atoms with Gasteiger partial charge in [-0.2, -0.15) is 5.10 Å². The van der Waals surface area contributed by atoms with Crippen LogP contribution < -0.4 is 20.6 Å². The van der Waals surface area contributed by atoms with Gasteiger partial charge in [0.25, 0.3) is 5.91 Å². The van der Waals surface area contributed by atoms with E-state index in [-0.39, 0.29) is 11.5 Å².